The van der Waals surface area contributed by atoms with Gasteiger partial charge >= 0.3 is 0 Å². The van der Waals surface area contributed by atoms with Crippen molar-refractivity contribution in [2.24, 2.45) is 0 Å². The van der Waals surface area contributed by atoms with Gasteiger partial charge in [-0.3, -0.25) is 4.79 Å². The predicted octanol–water partition coefficient (Wildman–Crippen LogP) is 6.34. The summed E-state index contributed by atoms with van der Waals surface area (Å²) in [7, 11) is 1.56. The Morgan fingerprint density at radius 2 is 1.93 bits per heavy atom. The molecule has 0 saturated heterocycles. The Bertz CT molecular complexity index is 966. The minimum Gasteiger partial charge on any atom is -0.507 e. The van der Waals surface area contributed by atoms with Crippen LogP contribution in [0.1, 0.15) is 67.6 Å². The van der Waals surface area contributed by atoms with Crippen LogP contribution in [-0.2, 0) is 6.42 Å². The van der Waals surface area contributed by atoms with Crippen LogP contribution in [0, 0.1) is 0 Å². The van der Waals surface area contributed by atoms with Crippen molar-refractivity contribution in [1.82, 2.24) is 0 Å². The van der Waals surface area contributed by atoms with E-state index in [0.717, 1.165) is 24.0 Å². The van der Waals surface area contributed by atoms with E-state index < -0.39 is 0 Å². The summed E-state index contributed by atoms with van der Waals surface area (Å²) in [5.41, 5.74) is 4.57. The quantitative estimate of drug-likeness (QED) is 0.545. The molecule has 1 aliphatic rings. The first-order valence-electron chi connectivity index (χ1n) is 10.4. The van der Waals surface area contributed by atoms with Gasteiger partial charge in [0.15, 0.2) is 5.78 Å². The number of rotatable bonds is 7. The van der Waals surface area contributed by atoms with Crippen LogP contribution in [0.3, 0.4) is 0 Å². The van der Waals surface area contributed by atoms with Crippen molar-refractivity contribution in [2.75, 3.05) is 7.11 Å². The number of ether oxygens (including phenoxy) is 2. The Morgan fingerprint density at radius 1 is 1.20 bits per heavy atom. The van der Waals surface area contributed by atoms with Gasteiger partial charge in [0.2, 0.25) is 0 Å². The van der Waals surface area contributed by atoms with Gasteiger partial charge in [-0.2, -0.15) is 0 Å². The second-order valence-electron chi connectivity index (χ2n) is 8.00. The van der Waals surface area contributed by atoms with E-state index in [-0.39, 0.29) is 29.6 Å². The van der Waals surface area contributed by atoms with E-state index in [1.165, 1.54) is 17.2 Å². The van der Waals surface area contributed by atoms with Crippen molar-refractivity contribution in [3.8, 4) is 17.2 Å². The van der Waals surface area contributed by atoms with Crippen LogP contribution < -0.4 is 9.47 Å². The number of carbonyl (C=O) groups is 1. The fraction of sp³-hybridized carbons (Fsp3) is 0.346. The summed E-state index contributed by atoms with van der Waals surface area (Å²) >= 11 is 0. The third kappa shape index (κ3) is 4.93. The van der Waals surface area contributed by atoms with Crippen LogP contribution in [0.15, 0.2) is 59.7 Å². The third-order valence-electron chi connectivity index (χ3n) is 5.37. The summed E-state index contributed by atoms with van der Waals surface area (Å²) in [5, 5.41) is 10.5. The van der Waals surface area contributed by atoms with Crippen LogP contribution in [0.5, 0.6) is 17.2 Å². The fourth-order valence-corrected chi connectivity index (χ4v) is 3.71. The van der Waals surface area contributed by atoms with Crippen LogP contribution >= 0.6 is 0 Å². The molecule has 0 spiro atoms. The Kier molecular flexibility index (Phi) is 6.99. The molecule has 1 unspecified atom stereocenters. The average Bonchev–Trinajstić information content (AvgIpc) is 2.72. The number of methoxy groups -OCH3 is 1. The molecule has 0 aromatic heterocycles. The molecule has 1 heterocycles. The van der Waals surface area contributed by atoms with E-state index in [1.807, 2.05) is 30.3 Å². The molecule has 4 nitrogen and oxygen atoms in total. The number of hydrogen-bond donors (Lipinski definition) is 1. The Balaban J connectivity index is 1.95. The number of phenolic OH excluding ortho intramolecular Hbond substituents is 1. The molecule has 2 aromatic rings. The summed E-state index contributed by atoms with van der Waals surface area (Å²) < 4.78 is 11.8. The minimum absolute atomic E-state index is 0.0913. The fourth-order valence-electron chi connectivity index (χ4n) is 3.71. The monoisotopic (exact) mass is 406 g/mol. The van der Waals surface area contributed by atoms with Gasteiger partial charge in [0, 0.05) is 11.6 Å². The van der Waals surface area contributed by atoms with Crippen LogP contribution in [0.4, 0.5) is 0 Å². The summed E-state index contributed by atoms with van der Waals surface area (Å²) in [4.78, 5) is 12.9. The van der Waals surface area contributed by atoms with Gasteiger partial charge in [-0.1, -0.05) is 53.6 Å². The van der Waals surface area contributed by atoms with Crippen molar-refractivity contribution in [1.29, 1.82) is 0 Å². The third-order valence-corrected chi connectivity index (χ3v) is 5.37. The predicted molar refractivity (Wildman–Crippen MR) is 120 cm³/mol. The van der Waals surface area contributed by atoms with Gasteiger partial charge in [-0.25, -0.2) is 0 Å². The molecule has 1 aliphatic heterocycles. The van der Waals surface area contributed by atoms with Gasteiger partial charge < -0.3 is 14.6 Å². The molecule has 0 saturated carbocycles. The van der Waals surface area contributed by atoms with Crippen molar-refractivity contribution in [3.05, 3.63) is 76.4 Å². The molecular formula is C26H30O4. The highest BCUT2D eigenvalue weighted by atomic mass is 16.5. The molecular weight excluding hydrogens is 376 g/mol. The normalized spacial score (nSPS) is 15.9. The second kappa shape index (κ2) is 9.66. The van der Waals surface area contributed by atoms with E-state index in [9.17, 15) is 9.90 Å². The molecule has 0 radical (unpaired) electrons. The maximum atomic E-state index is 12.9. The van der Waals surface area contributed by atoms with Gasteiger partial charge in [-0.15, -0.1) is 0 Å². The lowest BCUT2D eigenvalue weighted by Gasteiger charge is -2.28. The molecule has 0 fully saturated rings. The van der Waals surface area contributed by atoms with E-state index in [4.69, 9.17) is 9.47 Å². The van der Waals surface area contributed by atoms with Gasteiger partial charge in [0.25, 0.3) is 0 Å². The zero-order valence-electron chi connectivity index (χ0n) is 18.2. The molecule has 0 amide bonds. The van der Waals surface area contributed by atoms with Crippen molar-refractivity contribution >= 4 is 5.78 Å². The van der Waals surface area contributed by atoms with Crippen LogP contribution in [0.2, 0.25) is 0 Å². The number of fused-ring (bicyclic) bond motifs is 1. The van der Waals surface area contributed by atoms with Gasteiger partial charge in [0.05, 0.1) is 13.5 Å². The topological polar surface area (TPSA) is 55.8 Å². The van der Waals surface area contributed by atoms with Crippen molar-refractivity contribution in [2.45, 2.75) is 52.6 Å². The largest absolute Gasteiger partial charge is 0.507 e. The lowest BCUT2D eigenvalue weighted by atomic mass is 9.92. The number of carbonyl (C=O) groups excluding carboxylic acids is 1. The van der Waals surface area contributed by atoms with Gasteiger partial charge in [-0.05, 0) is 45.6 Å². The van der Waals surface area contributed by atoms with Gasteiger partial charge in [0.1, 0.15) is 28.9 Å². The van der Waals surface area contributed by atoms with Crippen LogP contribution in [-0.4, -0.2) is 18.0 Å². The molecule has 1 atom stereocenters. The summed E-state index contributed by atoms with van der Waals surface area (Å²) in [5.74, 6) is 0.758. The highest BCUT2D eigenvalue weighted by Crippen LogP contribution is 2.45. The SMILES string of the molecule is COc1cc(O)c2c(c1C/C=C(\C)CCC=C(C)C)OC(c1ccccc1)CC2=O. The number of hydrogen-bond acceptors (Lipinski definition) is 4. The Hall–Kier alpha value is -3.01. The lowest BCUT2D eigenvalue weighted by Crippen LogP contribution is -2.22. The zero-order chi connectivity index (χ0) is 21.7. The molecule has 0 aliphatic carbocycles. The first-order valence-corrected chi connectivity index (χ1v) is 10.4. The molecule has 2 aromatic carbocycles. The number of benzene rings is 2. The Morgan fingerprint density at radius 3 is 2.60 bits per heavy atom. The van der Waals surface area contributed by atoms with E-state index in [2.05, 4.69) is 32.9 Å². The van der Waals surface area contributed by atoms with Crippen molar-refractivity contribution < 1.29 is 19.4 Å². The number of phenols is 1. The molecule has 4 heteroatoms. The first kappa shape index (κ1) is 21.7. The highest BCUT2D eigenvalue weighted by molar-refractivity contribution is 6.03. The summed E-state index contributed by atoms with van der Waals surface area (Å²) in [6, 6.07) is 11.2. The number of aromatic hydroxyl groups is 1. The number of allylic oxidation sites excluding steroid dienone is 4. The molecule has 30 heavy (non-hydrogen) atoms. The molecule has 0 bridgehead atoms. The molecule has 158 valence electrons. The molecule has 1 N–H and O–H groups in total. The highest BCUT2D eigenvalue weighted by Gasteiger charge is 2.33. The van der Waals surface area contributed by atoms with Crippen molar-refractivity contribution in [3.63, 3.8) is 0 Å². The summed E-state index contributed by atoms with van der Waals surface area (Å²) in [6.07, 6.45) is 6.75. The first-order chi connectivity index (χ1) is 14.4. The zero-order valence-corrected chi connectivity index (χ0v) is 18.2. The molecule has 3 rings (SSSR count). The van der Waals surface area contributed by atoms with E-state index >= 15 is 0 Å². The minimum atomic E-state index is -0.376. The standard InChI is InChI=1S/C26H30O4/c1-17(2)9-8-10-18(3)13-14-20-24(29-4)16-22(28)25-21(27)15-23(30-26(20)25)19-11-6-5-7-12-19/h5-7,9,11-13,16,23,28H,8,10,14-15H2,1-4H3/b18-13+. The lowest BCUT2D eigenvalue weighted by molar-refractivity contribution is 0.0842. The van der Waals surface area contributed by atoms with Crippen LogP contribution in [0.25, 0.3) is 0 Å². The Labute approximate surface area is 178 Å². The van der Waals surface area contributed by atoms with E-state index in [0.29, 0.717) is 17.9 Å². The maximum Gasteiger partial charge on any atom is 0.174 e. The smallest absolute Gasteiger partial charge is 0.174 e. The van der Waals surface area contributed by atoms with E-state index in [1.54, 1.807) is 7.11 Å². The average molecular weight is 407 g/mol. The number of Topliss-reactive ketones (excluding diaryl/α,β-unsaturated/α-hetero) is 1. The number of ketones is 1. The second-order valence-corrected chi connectivity index (χ2v) is 8.00. The maximum absolute atomic E-state index is 12.9. The summed E-state index contributed by atoms with van der Waals surface area (Å²) in [6.45, 7) is 6.31.